The number of imide groups is 1. The van der Waals surface area contributed by atoms with Gasteiger partial charge in [-0.05, 0) is 36.4 Å². The van der Waals surface area contributed by atoms with Crippen LogP contribution in [0, 0.1) is 0 Å². The zero-order valence-corrected chi connectivity index (χ0v) is 11.4. The second-order valence-corrected chi connectivity index (χ2v) is 4.37. The lowest BCUT2D eigenvalue weighted by molar-refractivity contribution is -0.274. The molecule has 0 bridgehead atoms. The van der Waals surface area contributed by atoms with Crippen LogP contribution in [0.15, 0.2) is 48.5 Å². The molecule has 2 N–H and O–H groups in total. The van der Waals surface area contributed by atoms with Gasteiger partial charge in [0.25, 0.3) is 11.8 Å². The van der Waals surface area contributed by atoms with Gasteiger partial charge in [0.05, 0.1) is 5.56 Å². The summed E-state index contributed by atoms with van der Waals surface area (Å²) in [6.45, 7) is 0. The van der Waals surface area contributed by atoms with E-state index < -0.39 is 23.9 Å². The van der Waals surface area contributed by atoms with E-state index >= 15 is 0 Å². The molecule has 0 radical (unpaired) electrons. The van der Waals surface area contributed by atoms with Crippen molar-refractivity contribution in [1.29, 1.82) is 0 Å². The third kappa shape index (κ3) is 4.47. The lowest BCUT2D eigenvalue weighted by Crippen LogP contribution is -2.30. The van der Waals surface area contributed by atoms with Crippen molar-refractivity contribution in [3.8, 4) is 11.5 Å². The van der Waals surface area contributed by atoms with E-state index in [9.17, 15) is 27.9 Å². The van der Waals surface area contributed by atoms with Crippen molar-refractivity contribution < 1.29 is 32.6 Å². The van der Waals surface area contributed by atoms with Gasteiger partial charge in [-0.2, -0.15) is 0 Å². The van der Waals surface area contributed by atoms with Gasteiger partial charge in [0, 0.05) is 5.56 Å². The lowest BCUT2D eigenvalue weighted by Gasteiger charge is -2.09. The van der Waals surface area contributed by atoms with Crippen LogP contribution in [0.25, 0.3) is 0 Å². The summed E-state index contributed by atoms with van der Waals surface area (Å²) < 4.78 is 39.8. The molecule has 0 atom stereocenters. The monoisotopic (exact) mass is 325 g/mol. The summed E-state index contributed by atoms with van der Waals surface area (Å²) >= 11 is 0. The van der Waals surface area contributed by atoms with E-state index in [0.29, 0.717) is 0 Å². The lowest BCUT2D eigenvalue weighted by atomic mass is 10.1. The predicted octanol–water partition coefficient (Wildman–Crippen LogP) is 2.86. The van der Waals surface area contributed by atoms with E-state index in [-0.39, 0.29) is 16.9 Å². The number of nitrogens with one attached hydrogen (secondary N) is 1. The summed E-state index contributed by atoms with van der Waals surface area (Å²) in [5.41, 5.74) is -0.138. The number of para-hydroxylation sites is 1. The molecule has 0 heterocycles. The molecule has 0 fully saturated rings. The molecule has 2 aromatic carbocycles. The Bertz CT molecular complexity index is 726. The molecule has 8 heteroatoms. The summed E-state index contributed by atoms with van der Waals surface area (Å²) in [6.07, 6.45) is -4.83. The highest BCUT2D eigenvalue weighted by Gasteiger charge is 2.31. The minimum absolute atomic E-state index is 0.0386. The van der Waals surface area contributed by atoms with Crippen LogP contribution >= 0.6 is 0 Å². The Hall–Kier alpha value is -3.03. The van der Waals surface area contributed by atoms with Crippen molar-refractivity contribution in [1.82, 2.24) is 5.32 Å². The summed E-state index contributed by atoms with van der Waals surface area (Å²) in [6, 6.07) is 9.67. The highest BCUT2D eigenvalue weighted by Crippen LogP contribution is 2.22. The third-order valence-electron chi connectivity index (χ3n) is 2.73. The summed E-state index contributed by atoms with van der Waals surface area (Å²) in [5, 5.41) is 11.5. The van der Waals surface area contributed by atoms with Gasteiger partial charge in [-0.1, -0.05) is 12.1 Å². The number of phenolic OH excluding ortho intramolecular Hbond substituents is 1. The first-order chi connectivity index (χ1) is 10.8. The maximum absolute atomic E-state index is 12.0. The molecule has 2 rings (SSSR count). The number of ether oxygens (including phenoxy) is 1. The molecule has 0 aliphatic heterocycles. The highest BCUT2D eigenvalue weighted by atomic mass is 19.4. The van der Waals surface area contributed by atoms with E-state index in [1.807, 2.05) is 5.32 Å². The number of phenols is 1. The SMILES string of the molecule is O=C(NC(=O)c1ccccc1O)c1ccc(OC(F)(F)F)cc1. The maximum Gasteiger partial charge on any atom is 0.573 e. The Labute approximate surface area is 128 Å². The standard InChI is InChI=1S/C15H10F3NO4/c16-15(17,18)23-10-7-5-9(6-8-10)13(21)19-14(22)11-3-1-2-4-12(11)20/h1-8,20H,(H,19,21,22). The zero-order chi connectivity index (χ0) is 17.0. The molecule has 0 spiro atoms. The largest absolute Gasteiger partial charge is 0.573 e. The van der Waals surface area contributed by atoms with Gasteiger partial charge >= 0.3 is 6.36 Å². The fourth-order valence-corrected chi connectivity index (χ4v) is 1.72. The Kier molecular flexibility index (Phi) is 4.54. The number of carbonyl (C=O) groups is 2. The maximum atomic E-state index is 12.0. The van der Waals surface area contributed by atoms with Crippen molar-refractivity contribution >= 4 is 11.8 Å². The van der Waals surface area contributed by atoms with Crippen LogP contribution < -0.4 is 10.1 Å². The Balaban J connectivity index is 2.06. The van der Waals surface area contributed by atoms with E-state index in [1.54, 1.807) is 0 Å². The second kappa shape index (κ2) is 6.39. The molecule has 23 heavy (non-hydrogen) atoms. The van der Waals surface area contributed by atoms with Crippen molar-refractivity contribution in [2.75, 3.05) is 0 Å². The quantitative estimate of drug-likeness (QED) is 0.851. The van der Waals surface area contributed by atoms with Crippen LogP contribution in [-0.4, -0.2) is 23.3 Å². The molecule has 120 valence electrons. The summed E-state index contributed by atoms with van der Waals surface area (Å²) in [5.74, 6) is -2.44. The first-order valence-corrected chi connectivity index (χ1v) is 6.26. The van der Waals surface area contributed by atoms with Crippen LogP contribution in [0.2, 0.25) is 0 Å². The van der Waals surface area contributed by atoms with Gasteiger partial charge in [0.15, 0.2) is 0 Å². The second-order valence-electron chi connectivity index (χ2n) is 4.37. The van der Waals surface area contributed by atoms with E-state index in [4.69, 9.17) is 0 Å². The zero-order valence-electron chi connectivity index (χ0n) is 11.4. The van der Waals surface area contributed by atoms with Gasteiger partial charge in [-0.15, -0.1) is 13.2 Å². The molecular weight excluding hydrogens is 315 g/mol. The van der Waals surface area contributed by atoms with Crippen molar-refractivity contribution in [3.63, 3.8) is 0 Å². The number of hydrogen-bond donors (Lipinski definition) is 2. The van der Waals surface area contributed by atoms with E-state index in [2.05, 4.69) is 4.74 Å². The third-order valence-corrected chi connectivity index (χ3v) is 2.73. The van der Waals surface area contributed by atoms with E-state index in [0.717, 1.165) is 24.3 Å². The molecule has 2 aromatic rings. The topological polar surface area (TPSA) is 75.6 Å². The normalized spacial score (nSPS) is 10.9. The number of aromatic hydroxyl groups is 1. The smallest absolute Gasteiger partial charge is 0.507 e. The van der Waals surface area contributed by atoms with Crippen LogP contribution in [0.5, 0.6) is 11.5 Å². The Morgan fingerprint density at radius 3 is 2.13 bits per heavy atom. The minimum Gasteiger partial charge on any atom is -0.507 e. The number of benzene rings is 2. The Morgan fingerprint density at radius 2 is 1.57 bits per heavy atom. The number of halogens is 3. The van der Waals surface area contributed by atoms with Crippen molar-refractivity contribution in [2.45, 2.75) is 6.36 Å². The van der Waals surface area contributed by atoms with Gasteiger partial charge in [0.2, 0.25) is 0 Å². The van der Waals surface area contributed by atoms with Gasteiger partial charge in [-0.25, -0.2) is 0 Å². The molecule has 0 saturated heterocycles. The van der Waals surface area contributed by atoms with Gasteiger partial charge in [0.1, 0.15) is 11.5 Å². The number of amides is 2. The predicted molar refractivity (Wildman–Crippen MR) is 73.0 cm³/mol. The molecular formula is C15H10F3NO4. The minimum atomic E-state index is -4.83. The average molecular weight is 325 g/mol. The number of rotatable bonds is 3. The van der Waals surface area contributed by atoms with Crippen LogP contribution in [0.3, 0.4) is 0 Å². The Morgan fingerprint density at radius 1 is 0.957 bits per heavy atom. The van der Waals surface area contributed by atoms with Crippen molar-refractivity contribution in [2.24, 2.45) is 0 Å². The first-order valence-electron chi connectivity index (χ1n) is 6.26. The molecule has 0 saturated carbocycles. The molecule has 0 unspecified atom stereocenters. The van der Waals surface area contributed by atoms with Gasteiger partial charge in [-0.3, -0.25) is 14.9 Å². The van der Waals surface area contributed by atoms with Crippen LogP contribution in [-0.2, 0) is 0 Å². The number of hydrogen-bond acceptors (Lipinski definition) is 4. The fourth-order valence-electron chi connectivity index (χ4n) is 1.72. The summed E-state index contributed by atoms with van der Waals surface area (Å²) in [7, 11) is 0. The fraction of sp³-hybridized carbons (Fsp3) is 0.0667. The molecule has 0 aliphatic carbocycles. The van der Waals surface area contributed by atoms with Crippen LogP contribution in [0.1, 0.15) is 20.7 Å². The number of carbonyl (C=O) groups excluding carboxylic acids is 2. The highest BCUT2D eigenvalue weighted by molar-refractivity contribution is 6.11. The molecule has 0 aliphatic rings. The van der Waals surface area contributed by atoms with E-state index in [1.165, 1.54) is 24.3 Å². The molecule has 0 aromatic heterocycles. The van der Waals surface area contributed by atoms with Crippen LogP contribution in [0.4, 0.5) is 13.2 Å². The molecule has 5 nitrogen and oxygen atoms in total. The van der Waals surface area contributed by atoms with Crippen molar-refractivity contribution in [3.05, 3.63) is 59.7 Å². The average Bonchev–Trinajstić information content (AvgIpc) is 2.46. The molecule has 2 amide bonds. The number of alkyl halides is 3. The first kappa shape index (κ1) is 16.3. The summed E-state index contributed by atoms with van der Waals surface area (Å²) in [4.78, 5) is 23.7. The van der Waals surface area contributed by atoms with Gasteiger partial charge < -0.3 is 9.84 Å².